The van der Waals surface area contributed by atoms with Crippen LogP contribution in [-0.2, 0) is 0 Å². The smallest absolute Gasteiger partial charge is 0.308 e. The Kier molecular flexibility index (Phi) is 5.84. The van der Waals surface area contributed by atoms with Crippen LogP contribution in [0.5, 0.6) is 0 Å². The Morgan fingerprint density at radius 1 is 0.784 bits per heavy atom. The highest BCUT2D eigenvalue weighted by molar-refractivity contribution is 6.30. The van der Waals surface area contributed by atoms with Crippen LogP contribution in [0.1, 0.15) is 0 Å². The van der Waals surface area contributed by atoms with Crippen LogP contribution in [0.2, 0.25) is 5.02 Å². The lowest BCUT2D eigenvalue weighted by molar-refractivity contribution is 0.262. The first-order chi connectivity index (χ1) is 18.1. The molecule has 3 aromatic carbocycles. The molecule has 6 aromatic rings. The molecule has 0 atom stereocenters. The Labute approximate surface area is 217 Å². The molecule has 37 heavy (non-hydrogen) atoms. The molecule has 180 valence electrons. The molecule has 0 saturated heterocycles. The second-order valence-corrected chi connectivity index (χ2v) is 8.74. The number of hydrogen-bond acceptors (Lipinski definition) is 4. The van der Waals surface area contributed by atoms with Gasteiger partial charge in [-0.15, -0.1) is 0 Å². The summed E-state index contributed by atoms with van der Waals surface area (Å²) in [6.45, 7) is 0. The van der Waals surface area contributed by atoms with Gasteiger partial charge in [0.05, 0.1) is 11.4 Å². The fraction of sp³-hybridized carbons (Fsp3) is 0. The molecule has 9 heteroatoms. The number of aromatic nitrogens is 5. The molecule has 8 nitrogen and oxygen atoms in total. The summed E-state index contributed by atoms with van der Waals surface area (Å²) >= 11 is 5.92. The van der Waals surface area contributed by atoms with Gasteiger partial charge >= 0.3 is 6.03 Å². The molecular weight excluding hydrogens is 486 g/mol. The van der Waals surface area contributed by atoms with Crippen molar-refractivity contribution in [1.82, 2.24) is 23.9 Å². The molecule has 3 aromatic heterocycles. The van der Waals surface area contributed by atoms with Gasteiger partial charge in [0.15, 0.2) is 11.5 Å². The molecular formula is C28H20ClN7O. The van der Waals surface area contributed by atoms with Crippen molar-refractivity contribution in [2.75, 3.05) is 10.6 Å². The summed E-state index contributed by atoms with van der Waals surface area (Å²) in [6.07, 6.45) is 9.20. The molecule has 0 aliphatic rings. The van der Waals surface area contributed by atoms with Crippen molar-refractivity contribution in [2.24, 2.45) is 0 Å². The van der Waals surface area contributed by atoms with Gasteiger partial charge in [0.25, 0.3) is 0 Å². The standard InChI is InChI=1S/C28H20ClN7O/c29-21-9-11-22(12-10-21)32-28(37)33-23-8-4-7-20(15-23)25-17-35-14-13-30-26(35)27(34-25)36-16-24(31-18-36)19-5-2-1-3-6-19/h1-18H,(H2,32,33,37). The summed E-state index contributed by atoms with van der Waals surface area (Å²) in [7, 11) is 0. The minimum atomic E-state index is -0.356. The zero-order valence-corrected chi connectivity index (χ0v) is 20.2. The van der Waals surface area contributed by atoms with E-state index >= 15 is 0 Å². The van der Waals surface area contributed by atoms with E-state index in [9.17, 15) is 4.79 Å². The summed E-state index contributed by atoms with van der Waals surface area (Å²) in [4.78, 5) is 26.5. The third-order valence-electron chi connectivity index (χ3n) is 5.77. The maximum absolute atomic E-state index is 12.5. The van der Waals surface area contributed by atoms with Crippen LogP contribution < -0.4 is 10.6 Å². The van der Waals surface area contributed by atoms with Crippen molar-refractivity contribution in [3.63, 3.8) is 0 Å². The number of benzene rings is 3. The van der Waals surface area contributed by atoms with Gasteiger partial charge in [-0.1, -0.05) is 54.1 Å². The van der Waals surface area contributed by atoms with E-state index < -0.39 is 0 Å². The van der Waals surface area contributed by atoms with Crippen LogP contribution in [0.4, 0.5) is 16.2 Å². The normalized spacial score (nSPS) is 10.9. The van der Waals surface area contributed by atoms with Gasteiger partial charge < -0.3 is 15.0 Å². The second-order valence-electron chi connectivity index (χ2n) is 8.31. The molecule has 0 radical (unpaired) electrons. The van der Waals surface area contributed by atoms with E-state index in [-0.39, 0.29) is 6.03 Å². The molecule has 2 amide bonds. The van der Waals surface area contributed by atoms with Gasteiger partial charge in [-0.3, -0.25) is 4.57 Å². The molecule has 6 rings (SSSR count). The average Bonchev–Trinajstić information content (AvgIpc) is 3.60. The first-order valence-corrected chi connectivity index (χ1v) is 11.9. The Morgan fingerprint density at radius 3 is 2.41 bits per heavy atom. The largest absolute Gasteiger partial charge is 0.323 e. The van der Waals surface area contributed by atoms with Crippen molar-refractivity contribution in [1.29, 1.82) is 0 Å². The highest BCUT2D eigenvalue weighted by atomic mass is 35.5. The first-order valence-electron chi connectivity index (χ1n) is 11.5. The number of hydrogen-bond donors (Lipinski definition) is 2. The molecule has 3 heterocycles. The molecule has 0 fully saturated rings. The minimum Gasteiger partial charge on any atom is -0.308 e. The number of halogens is 1. The summed E-state index contributed by atoms with van der Waals surface area (Å²) in [6, 6.07) is 24.1. The van der Waals surface area contributed by atoms with Crippen LogP contribution >= 0.6 is 11.6 Å². The maximum atomic E-state index is 12.5. The fourth-order valence-electron chi connectivity index (χ4n) is 4.01. The monoisotopic (exact) mass is 505 g/mol. The van der Waals surface area contributed by atoms with E-state index in [1.54, 1.807) is 36.8 Å². The van der Waals surface area contributed by atoms with Crippen LogP contribution in [0.25, 0.3) is 34.0 Å². The maximum Gasteiger partial charge on any atom is 0.323 e. The van der Waals surface area contributed by atoms with Gasteiger partial charge in [-0.25, -0.2) is 19.7 Å². The number of anilines is 2. The number of urea groups is 1. The summed E-state index contributed by atoms with van der Waals surface area (Å²) in [5, 5.41) is 6.27. The molecule has 0 saturated carbocycles. The molecule has 0 spiro atoms. The predicted octanol–water partition coefficient (Wildman–Crippen LogP) is 6.55. The lowest BCUT2D eigenvalue weighted by Crippen LogP contribution is -2.19. The second kappa shape index (κ2) is 9.60. The van der Waals surface area contributed by atoms with Gasteiger partial charge in [0.1, 0.15) is 6.33 Å². The summed E-state index contributed by atoms with van der Waals surface area (Å²) in [5.41, 5.74) is 5.40. The third kappa shape index (κ3) is 4.78. The molecule has 0 aliphatic heterocycles. The van der Waals surface area contributed by atoms with Crippen molar-refractivity contribution in [3.8, 4) is 28.3 Å². The zero-order valence-electron chi connectivity index (χ0n) is 19.4. The van der Waals surface area contributed by atoms with Gasteiger partial charge in [-0.2, -0.15) is 0 Å². The van der Waals surface area contributed by atoms with E-state index in [0.717, 1.165) is 22.5 Å². The molecule has 0 unspecified atom stereocenters. The highest BCUT2D eigenvalue weighted by Crippen LogP contribution is 2.25. The van der Waals surface area contributed by atoms with Gasteiger partial charge in [0.2, 0.25) is 0 Å². The Hall–Kier alpha value is -4.95. The number of nitrogens with one attached hydrogen (secondary N) is 2. The van der Waals surface area contributed by atoms with E-state index in [4.69, 9.17) is 16.6 Å². The number of imidazole rings is 2. The number of rotatable bonds is 5. The Morgan fingerprint density at radius 2 is 1.57 bits per heavy atom. The van der Waals surface area contributed by atoms with Crippen molar-refractivity contribution >= 4 is 34.7 Å². The van der Waals surface area contributed by atoms with E-state index in [1.807, 2.05) is 82.2 Å². The number of carbonyl (C=O) groups excluding carboxylic acids is 1. The number of nitrogens with zero attached hydrogens (tertiary/aromatic N) is 5. The van der Waals surface area contributed by atoms with Crippen LogP contribution in [0, 0.1) is 0 Å². The van der Waals surface area contributed by atoms with E-state index in [2.05, 4.69) is 20.6 Å². The minimum absolute atomic E-state index is 0.356. The summed E-state index contributed by atoms with van der Waals surface area (Å²) in [5.74, 6) is 0.649. The van der Waals surface area contributed by atoms with Crippen molar-refractivity contribution in [3.05, 3.63) is 115 Å². The number of amides is 2. The van der Waals surface area contributed by atoms with Crippen molar-refractivity contribution < 1.29 is 4.79 Å². The SMILES string of the molecule is O=C(Nc1ccc(Cl)cc1)Nc1cccc(-c2cn3ccnc3c(-n3cnc(-c4ccccc4)c3)n2)c1. The lowest BCUT2D eigenvalue weighted by Gasteiger charge is -2.11. The summed E-state index contributed by atoms with van der Waals surface area (Å²) < 4.78 is 3.79. The van der Waals surface area contributed by atoms with Crippen LogP contribution in [0.15, 0.2) is 110 Å². The quantitative estimate of drug-likeness (QED) is 0.278. The topological polar surface area (TPSA) is 89.1 Å². The molecule has 0 aliphatic carbocycles. The van der Waals surface area contributed by atoms with E-state index in [0.29, 0.717) is 27.9 Å². The van der Waals surface area contributed by atoms with Crippen LogP contribution in [-0.4, -0.2) is 30.0 Å². The highest BCUT2D eigenvalue weighted by Gasteiger charge is 2.13. The van der Waals surface area contributed by atoms with Gasteiger partial charge in [0, 0.05) is 52.3 Å². The van der Waals surface area contributed by atoms with E-state index in [1.165, 1.54) is 0 Å². The zero-order chi connectivity index (χ0) is 25.2. The molecule has 2 N–H and O–H groups in total. The Bertz CT molecular complexity index is 1710. The first kappa shape index (κ1) is 22.5. The lowest BCUT2D eigenvalue weighted by atomic mass is 10.1. The average molecular weight is 506 g/mol. The Balaban J connectivity index is 1.30. The van der Waals surface area contributed by atoms with Crippen LogP contribution in [0.3, 0.4) is 0 Å². The van der Waals surface area contributed by atoms with Gasteiger partial charge in [-0.05, 0) is 36.4 Å². The molecule has 0 bridgehead atoms. The fourth-order valence-corrected chi connectivity index (χ4v) is 4.13. The number of fused-ring (bicyclic) bond motifs is 1. The third-order valence-corrected chi connectivity index (χ3v) is 6.02. The predicted molar refractivity (Wildman–Crippen MR) is 145 cm³/mol. The van der Waals surface area contributed by atoms with Crippen molar-refractivity contribution in [2.45, 2.75) is 0 Å². The number of carbonyl (C=O) groups is 1.